The van der Waals surface area contributed by atoms with Crippen LogP contribution >= 0.6 is 0 Å². The van der Waals surface area contributed by atoms with Gasteiger partial charge in [0.2, 0.25) is 0 Å². The normalized spacial score (nSPS) is 16.5. The van der Waals surface area contributed by atoms with Gasteiger partial charge in [-0.3, -0.25) is 0 Å². The van der Waals surface area contributed by atoms with E-state index in [0.29, 0.717) is 16.8 Å². The monoisotopic (exact) mass is 251 g/mol. The molecule has 1 aliphatic rings. The van der Waals surface area contributed by atoms with Crippen LogP contribution in [0.5, 0.6) is 11.5 Å². The average molecular weight is 251 g/mol. The first kappa shape index (κ1) is 12.7. The SMILES string of the molecule is CCOC(=O)C1Oc2ccc(CO)c([B]O)c2O1. The first-order valence-electron chi connectivity index (χ1n) is 5.45. The molecule has 1 aliphatic heterocycles. The Hall–Kier alpha value is -1.73. The van der Waals surface area contributed by atoms with E-state index in [1.54, 1.807) is 19.1 Å². The van der Waals surface area contributed by atoms with Crippen molar-refractivity contribution >= 4 is 18.9 Å². The molecule has 0 saturated carbocycles. The van der Waals surface area contributed by atoms with Crippen molar-refractivity contribution in [3.05, 3.63) is 17.7 Å². The number of esters is 1. The van der Waals surface area contributed by atoms with Crippen LogP contribution in [-0.4, -0.2) is 36.5 Å². The van der Waals surface area contributed by atoms with Gasteiger partial charge in [-0.2, -0.15) is 0 Å². The predicted molar refractivity (Wildman–Crippen MR) is 61.6 cm³/mol. The minimum absolute atomic E-state index is 0.221. The first-order chi connectivity index (χ1) is 8.71. The molecule has 7 heteroatoms. The molecule has 1 heterocycles. The summed E-state index contributed by atoms with van der Waals surface area (Å²) in [6.45, 7) is 1.64. The Kier molecular flexibility index (Phi) is 3.73. The van der Waals surface area contributed by atoms with Crippen LogP contribution in [0.15, 0.2) is 12.1 Å². The zero-order chi connectivity index (χ0) is 13.1. The van der Waals surface area contributed by atoms with Crippen LogP contribution in [0.25, 0.3) is 0 Å². The molecule has 2 rings (SSSR count). The maximum Gasteiger partial charge on any atom is 0.389 e. The molecule has 1 radical (unpaired) electrons. The second-order valence-electron chi connectivity index (χ2n) is 3.57. The standard InChI is InChI=1S/C11H12BO6/c1-2-16-10(14)11-17-7-4-3-6(5-13)8(12-15)9(7)18-11/h3-4,11,13,15H,2,5H2,1H3. The van der Waals surface area contributed by atoms with Crippen molar-refractivity contribution in [2.75, 3.05) is 6.61 Å². The summed E-state index contributed by atoms with van der Waals surface area (Å²) in [7, 11) is 0.807. The summed E-state index contributed by atoms with van der Waals surface area (Å²) in [6, 6.07) is 3.14. The van der Waals surface area contributed by atoms with Gasteiger partial charge in [0.1, 0.15) is 0 Å². The minimum atomic E-state index is -1.17. The first-order valence-corrected chi connectivity index (χ1v) is 5.45. The van der Waals surface area contributed by atoms with Gasteiger partial charge in [0.25, 0.3) is 0 Å². The molecule has 2 N–H and O–H groups in total. The molecule has 1 atom stereocenters. The molecule has 1 unspecified atom stereocenters. The van der Waals surface area contributed by atoms with Gasteiger partial charge in [0.05, 0.1) is 13.2 Å². The average Bonchev–Trinajstić information content (AvgIpc) is 2.81. The van der Waals surface area contributed by atoms with Crippen LogP contribution in [0.4, 0.5) is 0 Å². The van der Waals surface area contributed by atoms with E-state index in [9.17, 15) is 4.79 Å². The van der Waals surface area contributed by atoms with Gasteiger partial charge in [0.15, 0.2) is 11.5 Å². The smallest absolute Gasteiger partial charge is 0.389 e. The van der Waals surface area contributed by atoms with E-state index in [0.717, 1.165) is 7.48 Å². The molecule has 18 heavy (non-hydrogen) atoms. The van der Waals surface area contributed by atoms with Crippen LogP contribution in [0.1, 0.15) is 12.5 Å². The number of hydrogen-bond acceptors (Lipinski definition) is 6. The molecule has 0 bridgehead atoms. The van der Waals surface area contributed by atoms with E-state index >= 15 is 0 Å². The van der Waals surface area contributed by atoms with E-state index in [1.807, 2.05) is 0 Å². The molecule has 95 valence electrons. The van der Waals surface area contributed by atoms with Crippen molar-refractivity contribution in [1.82, 2.24) is 0 Å². The lowest BCUT2D eigenvalue weighted by molar-refractivity contribution is -0.161. The largest absolute Gasteiger partial charge is 0.460 e. The fourth-order valence-corrected chi connectivity index (χ4v) is 1.67. The Bertz CT molecular complexity index is 461. The molecule has 1 aromatic rings. The quantitative estimate of drug-likeness (QED) is 0.531. The topological polar surface area (TPSA) is 85.2 Å². The number of fused-ring (bicyclic) bond motifs is 1. The molecule has 0 saturated heterocycles. The predicted octanol–water partition coefficient (Wildman–Crippen LogP) is -0.924. The van der Waals surface area contributed by atoms with Gasteiger partial charge < -0.3 is 24.3 Å². The van der Waals surface area contributed by atoms with E-state index in [1.165, 1.54) is 0 Å². The Morgan fingerprint density at radius 2 is 2.28 bits per heavy atom. The van der Waals surface area contributed by atoms with E-state index < -0.39 is 12.3 Å². The van der Waals surface area contributed by atoms with Crippen molar-refractivity contribution < 1.29 is 29.1 Å². The highest BCUT2D eigenvalue weighted by molar-refractivity contribution is 6.48. The maximum absolute atomic E-state index is 11.5. The third-order valence-electron chi connectivity index (χ3n) is 2.49. The van der Waals surface area contributed by atoms with Crippen LogP contribution < -0.4 is 14.9 Å². The molecule has 0 aromatic heterocycles. The molecule has 0 spiro atoms. The fourth-order valence-electron chi connectivity index (χ4n) is 1.67. The van der Waals surface area contributed by atoms with Gasteiger partial charge in [-0.15, -0.1) is 0 Å². The number of hydrogen-bond donors (Lipinski definition) is 2. The number of carbonyl (C=O) groups excluding carboxylic acids is 1. The molecule has 1 aromatic carbocycles. The molecule has 6 nitrogen and oxygen atoms in total. The number of benzene rings is 1. The summed E-state index contributed by atoms with van der Waals surface area (Å²) in [4.78, 5) is 11.5. The van der Waals surface area contributed by atoms with Crippen LogP contribution in [0.2, 0.25) is 0 Å². The van der Waals surface area contributed by atoms with Crippen molar-refractivity contribution in [3.8, 4) is 11.5 Å². The molecule has 0 amide bonds. The second-order valence-corrected chi connectivity index (χ2v) is 3.57. The summed E-state index contributed by atoms with van der Waals surface area (Å²) in [6.07, 6.45) is -1.17. The van der Waals surface area contributed by atoms with Gasteiger partial charge in [-0.1, -0.05) is 6.07 Å². The maximum atomic E-state index is 11.5. The van der Waals surface area contributed by atoms with Crippen LogP contribution in [-0.2, 0) is 16.1 Å². The van der Waals surface area contributed by atoms with Gasteiger partial charge in [-0.05, 0) is 24.0 Å². The molecular formula is C11H12BO6. The minimum Gasteiger partial charge on any atom is -0.460 e. The lowest BCUT2D eigenvalue weighted by Gasteiger charge is -2.09. The van der Waals surface area contributed by atoms with Crippen molar-refractivity contribution in [2.45, 2.75) is 19.8 Å². The molecule has 0 aliphatic carbocycles. The van der Waals surface area contributed by atoms with E-state index in [-0.39, 0.29) is 19.0 Å². The zero-order valence-corrected chi connectivity index (χ0v) is 9.75. The second kappa shape index (κ2) is 5.28. The van der Waals surface area contributed by atoms with Gasteiger partial charge in [0, 0.05) is 0 Å². The Morgan fingerprint density at radius 3 is 2.89 bits per heavy atom. The summed E-state index contributed by atoms with van der Waals surface area (Å²) >= 11 is 0. The van der Waals surface area contributed by atoms with E-state index in [4.69, 9.17) is 24.3 Å². The highest BCUT2D eigenvalue weighted by Crippen LogP contribution is 2.33. The number of carbonyl (C=O) groups is 1. The Morgan fingerprint density at radius 1 is 1.50 bits per heavy atom. The number of rotatable bonds is 4. The van der Waals surface area contributed by atoms with Gasteiger partial charge in [-0.25, -0.2) is 4.79 Å². The lowest BCUT2D eigenvalue weighted by Crippen LogP contribution is -2.32. The summed E-state index contributed by atoms with van der Waals surface area (Å²) < 4.78 is 15.3. The highest BCUT2D eigenvalue weighted by Gasteiger charge is 2.34. The van der Waals surface area contributed by atoms with Crippen molar-refractivity contribution in [3.63, 3.8) is 0 Å². The Balaban J connectivity index is 2.26. The third kappa shape index (κ3) is 2.14. The summed E-state index contributed by atoms with van der Waals surface area (Å²) in [5, 5.41) is 18.3. The Labute approximate surface area is 104 Å². The van der Waals surface area contributed by atoms with Gasteiger partial charge >= 0.3 is 19.7 Å². The van der Waals surface area contributed by atoms with Crippen LogP contribution in [0.3, 0.4) is 0 Å². The number of aliphatic hydroxyl groups is 1. The molecular weight excluding hydrogens is 239 g/mol. The molecule has 0 fully saturated rings. The van der Waals surface area contributed by atoms with E-state index in [2.05, 4.69) is 0 Å². The zero-order valence-electron chi connectivity index (χ0n) is 9.75. The highest BCUT2D eigenvalue weighted by atomic mass is 16.7. The van der Waals surface area contributed by atoms with Crippen LogP contribution in [0, 0.1) is 0 Å². The lowest BCUT2D eigenvalue weighted by atomic mass is 9.83. The third-order valence-corrected chi connectivity index (χ3v) is 2.49. The fraction of sp³-hybridized carbons (Fsp3) is 0.364. The number of ether oxygens (including phenoxy) is 3. The summed E-state index contributed by atoms with van der Waals surface area (Å²) in [5.74, 6) is -0.0872. The van der Waals surface area contributed by atoms with Crippen molar-refractivity contribution in [2.24, 2.45) is 0 Å². The summed E-state index contributed by atoms with van der Waals surface area (Å²) in [5.41, 5.74) is 0.770. The van der Waals surface area contributed by atoms with Crippen molar-refractivity contribution in [1.29, 1.82) is 0 Å². The number of aliphatic hydroxyl groups excluding tert-OH is 1.